The monoisotopic (exact) mass is 878 g/mol. The van der Waals surface area contributed by atoms with E-state index in [1.807, 2.05) is 36.4 Å². The molecule has 0 bridgehead atoms. The minimum atomic E-state index is -0.756. The summed E-state index contributed by atoms with van der Waals surface area (Å²) in [6.07, 6.45) is 0. The normalized spacial score (nSPS) is 10.5. The van der Waals surface area contributed by atoms with Crippen LogP contribution in [0, 0.1) is 0 Å². The van der Waals surface area contributed by atoms with E-state index in [1.54, 1.807) is 109 Å². The third-order valence-corrected chi connectivity index (χ3v) is 9.83. The van der Waals surface area contributed by atoms with Gasteiger partial charge in [0.25, 0.3) is 0 Å². The number of carbonyl (C=O) groups is 4. The molecular weight excluding hydrogens is 841 g/mol. The van der Waals surface area contributed by atoms with Crippen LogP contribution in [-0.4, -0.2) is 38.1 Å². The molecule has 0 aliphatic carbocycles. The molecule has 0 amide bonds. The molecular formula is C54H38O12. The van der Waals surface area contributed by atoms with Gasteiger partial charge in [-0.15, -0.1) is 0 Å². The summed E-state index contributed by atoms with van der Waals surface area (Å²) >= 11 is 0. The summed E-state index contributed by atoms with van der Waals surface area (Å²) in [6, 6.07) is 52.5. The molecule has 0 heterocycles. The van der Waals surface area contributed by atoms with E-state index in [-0.39, 0.29) is 56.8 Å². The second-order valence-electron chi connectivity index (χ2n) is 14.2. The molecule has 0 spiro atoms. The molecule has 0 aromatic heterocycles. The Labute approximate surface area is 379 Å². The van der Waals surface area contributed by atoms with E-state index >= 15 is 0 Å². The lowest BCUT2D eigenvalue weighted by atomic mass is 10.0. The summed E-state index contributed by atoms with van der Waals surface area (Å²) in [6.45, 7) is 0. The fourth-order valence-corrected chi connectivity index (χ4v) is 6.51. The van der Waals surface area contributed by atoms with Crippen LogP contribution in [-0.2, 0) is 0 Å². The van der Waals surface area contributed by atoms with Gasteiger partial charge in [-0.1, -0.05) is 48.5 Å². The van der Waals surface area contributed by atoms with Crippen LogP contribution >= 0.6 is 0 Å². The van der Waals surface area contributed by atoms with Crippen molar-refractivity contribution in [3.8, 4) is 68.6 Å². The van der Waals surface area contributed by atoms with Crippen LogP contribution in [0.5, 0.6) is 57.5 Å². The molecule has 8 rings (SSSR count). The Kier molecular flexibility index (Phi) is 13.4. The average Bonchev–Trinajstić information content (AvgIpc) is 3.35. The summed E-state index contributed by atoms with van der Waals surface area (Å²) in [5, 5.41) is 0. The molecule has 8 aromatic rings. The van der Waals surface area contributed by atoms with Crippen LogP contribution in [0.1, 0.15) is 41.4 Å². The van der Waals surface area contributed by atoms with E-state index in [1.165, 1.54) is 62.8 Å². The Morgan fingerprint density at radius 2 is 0.561 bits per heavy atom. The van der Waals surface area contributed by atoms with Gasteiger partial charge in [-0.05, 0) is 146 Å². The topological polar surface area (TPSA) is 142 Å². The zero-order valence-electron chi connectivity index (χ0n) is 35.4. The maximum atomic E-state index is 14.0. The molecule has 0 saturated carbocycles. The van der Waals surface area contributed by atoms with E-state index < -0.39 is 23.9 Å². The van der Waals surface area contributed by atoms with Crippen LogP contribution in [0.25, 0.3) is 11.1 Å². The molecule has 0 unspecified atom stereocenters. The van der Waals surface area contributed by atoms with Crippen LogP contribution in [0.4, 0.5) is 0 Å². The summed E-state index contributed by atoms with van der Waals surface area (Å²) in [5.41, 5.74) is 1.34. The van der Waals surface area contributed by atoms with E-state index in [0.29, 0.717) is 34.1 Å². The van der Waals surface area contributed by atoms with Gasteiger partial charge < -0.3 is 37.9 Å². The molecule has 0 saturated heterocycles. The molecule has 66 heavy (non-hydrogen) atoms. The minimum Gasteiger partial charge on any atom is -0.497 e. The van der Waals surface area contributed by atoms with E-state index in [0.717, 1.165) is 0 Å². The lowest BCUT2D eigenvalue weighted by Crippen LogP contribution is -2.12. The van der Waals surface area contributed by atoms with Gasteiger partial charge in [0.05, 0.1) is 47.6 Å². The standard InChI is InChI=1S/C54H38O12/c1-59-39-27-19-35(20-28-39)51(55)63-43-31-23-37(24-32-43)53(57)65-47-17-9-15-45(61-41-11-5-3-6-12-41)49(47)50-46(62-42-13-7-4-8-14-42)16-10-18-48(50)66-54(58)38-25-33-44(34-26-38)64-52(56)36-21-29-40(60-2)30-22-36/h3-34H,1-2H3. The van der Waals surface area contributed by atoms with Crippen LogP contribution < -0.4 is 37.9 Å². The Bertz CT molecular complexity index is 2760. The van der Waals surface area contributed by atoms with Crippen molar-refractivity contribution in [2.24, 2.45) is 0 Å². The molecule has 0 radical (unpaired) electrons. The first-order chi connectivity index (χ1) is 32.2. The summed E-state index contributed by atoms with van der Waals surface area (Å²) in [5.74, 6) is 0.362. The van der Waals surface area contributed by atoms with Crippen molar-refractivity contribution < 1.29 is 57.1 Å². The largest absolute Gasteiger partial charge is 0.497 e. The number of esters is 4. The first-order valence-electron chi connectivity index (χ1n) is 20.3. The Balaban J connectivity index is 1.11. The highest BCUT2D eigenvalue weighted by atomic mass is 16.6. The fraction of sp³-hybridized carbons (Fsp3) is 0.0370. The van der Waals surface area contributed by atoms with Crippen LogP contribution in [0.3, 0.4) is 0 Å². The Hall–Kier alpha value is -9.16. The Morgan fingerprint density at radius 3 is 0.879 bits per heavy atom. The smallest absolute Gasteiger partial charge is 0.343 e. The summed E-state index contributed by atoms with van der Waals surface area (Å²) in [4.78, 5) is 53.6. The van der Waals surface area contributed by atoms with Gasteiger partial charge in [0.15, 0.2) is 0 Å². The number of rotatable bonds is 15. The molecule has 0 aliphatic rings. The number of benzene rings is 8. The minimum absolute atomic E-state index is 0.0351. The van der Waals surface area contributed by atoms with Crippen LogP contribution in [0.15, 0.2) is 194 Å². The molecule has 326 valence electrons. The number of carbonyl (C=O) groups excluding carboxylic acids is 4. The highest BCUT2D eigenvalue weighted by molar-refractivity contribution is 5.97. The highest BCUT2D eigenvalue weighted by Gasteiger charge is 2.27. The third-order valence-electron chi connectivity index (χ3n) is 9.83. The first kappa shape index (κ1) is 43.5. The second kappa shape index (κ2) is 20.4. The van der Waals surface area contributed by atoms with E-state index in [2.05, 4.69) is 0 Å². The number of ether oxygens (including phenoxy) is 8. The quantitative estimate of drug-likeness (QED) is 0.0714. The second-order valence-corrected chi connectivity index (χ2v) is 14.2. The van der Waals surface area contributed by atoms with Crippen molar-refractivity contribution in [1.82, 2.24) is 0 Å². The maximum absolute atomic E-state index is 14.0. The lowest BCUT2D eigenvalue weighted by Gasteiger charge is -2.20. The molecule has 8 aromatic carbocycles. The van der Waals surface area contributed by atoms with Crippen molar-refractivity contribution >= 4 is 23.9 Å². The van der Waals surface area contributed by atoms with Gasteiger partial charge in [0.2, 0.25) is 0 Å². The van der Waals surface area contributed by atoms with Gasteiger partial charge in [0.1, 0.15) is 57.5 Å². The molecule has 0 aliphatic heterocycles. The van der Waals surface area contributed by atoms with Crippen molar-refractivity contribution in [1.29, 1.82) is 0 Å². The van der Waals surface area contributed by atoms with E-state index in [4.69, 9.17) is 37.9 Å². The zero-order chi connectivity index (χ0) is 45.8. The maximum Gasteiger partial charge on any atom is 0.343 e. The number of hydrogen-bond acceptors (Lipinski definition) is 12. The van der Waals surface area contributed by atoms with Crippen LogP contribution in [0.2, 0.25) is 0 Å². The molecule has 12 heteroatoms. The highest BCUT2D eigenvalue weighted by Crippen LogP contribution is 2.50. The van der Waals surface area contributed by atoms with Gasteiger partial charge >= 0.3 is 23.9 Å². The molecule has 12 nitrogen and oxygen atoms in total. The Morgan fingerprint density at radius 1 is 0.273 bits per heavy atom. The molecule has 0 fully saturated rings. The lowest BCUT2D eigenvalue weighted by molar-refractivity contribution is 0.0718. The predicted octanol–water partition coefficient (Wildman–Crippen LogP) is 11.8. The third kappa shape index (κ3) is 10.5. The van der Waals surface area contributed by atoms with Crippen molar-refractivity contribution in [3.63, 3.8) is 0 Å². The first-order valence-corrected chi connectivity index (χ1v) is 20.3. The molecule has 0 atom stereocenters. The van der Waals surface area contributed by atoms with Gasteiger partial charge in [-0.3, -0.25) is 0 Å². The number of para-hydroxylation sites is 2. The molecule has 0 N–H and O–H groups in total. The average molecular weight is 879 g/mol. The van der Waals surface area contributed by atoms with Crippen molar-refractivity contribution in [3.05, 3.63) is 216 Å². The summed E-state index contributed by atoms with van der Waals surface area (Å²) in [7, 11) is 3.06. The predicted molar refractivity (Wildman–Crippen MR) is 244 cm³/mol. The fourth-order valence-electron chi connectivity index (χ4n) is 6.51. The van der Waals surface area contributed by atoms with Gasteiger partial charge in [-0.25, -0.2) is 19.2 Å². The SMILES string of the molecule is COc1ccc(C(=O)Oc2ccc(C(=O)Oc3cccc(Oc4ccccc4)c3-c3c(OC(=O)c4ccc(OC(=O)c5ccc(OC)cc5)cc4)cccc3Oc3ccccc3)cc2)cc1. The van der Waals surface area contributed by atoms with Crippen molar-refractivity contribution in [2.45, 2.75) is 0 Å². The van der Waals surface area contributed by atoms with Gasteiger partial charge in [0, 0.05) is 0 Å². The summed E-state index contributed by atoms with van der Waals surface area (Å²) < 4.78 is 46.5. The van der Waals surface area contributed by atoms with E-state index in [9.17, 15) is 19.2 Å². The van der Waals surface area contributed by atoms with Crippen molar-refractivity contribution in [2.75, 3.05) is 14.2 Å². The zero-order valence-corrected chi connectivity index (χ0v) is 35.4. The van der Waals surface area contributed by atoms with Gasteiger partial charge in [-0.2, -0.15) is 0 Å². The number of hydrogen-bond donors (Lipinski definition) is 0. The number of methoxy groups -OCH3 is 2.